The van der Waals surface area contributed by atoms with E-state index in [-0.39, 0.29) is 24.0 Å². The summed E-state index contributed by atoms with van der Waals surface area (Å²) in [5.41, 5.74) is 0. The molecular weight excluding hydrogens is 381 g/mol. The Bertz CT molecular complexity index is 602. The van der Waals surface area contributed by atoms with Gasteiger partial charge < -0.3 is 14.5 Å². The van der Waals surface area contributed by atoms with E-state index in [2.05, 4.69) is 45.8 Å². The van der Waals surface area contributed by atoms with Crippen LogP contribution in [0.5, 0.6) is 0 Å². The number of halogens is 1. The van der Waals surface area contributed by atoms with E-state index in [1.807, 2.05) is 6.92 Å². The Morgan fingerprint density at radius 1 is 1.36 bits per heavy atom. The van der Waals surface area contributed by atoms with Crippen LogP contribution in [-0.2, 0) is 23.5 Å². The number of ether oxygens (including phenoxy) is 1. The summed E-state index contributed by atoms with van der Waals surface area (Å²) in [7, 11) is -2.12. The summed E-state index contributed by atoms with van der Waals surface area (Å²) in [6, 6.07) is -0.539. The van der Waals surface area contributed by atoms with Crippen LogP contribution in [0, 0.1) is 11.8 Å². The van der Waals surface area contributed by atoms with Crippen molar-refractivity contribution in [1.29, 1.82) is 0 Å². The fourth-order valence-corrected chi connectivity index (χ4v) is 4.55. The molecule has 1 heterocycles. The molecule has 160 valence electrons. The summed E-state index contributed by atoms with van der Waals surface area (Å²) in [6.07, 6.45) is 0.502. The second-order valence-corrected chi connectivity index (χ2v) is 13.6. The van der Waals surface area contributed by atoms with Gasteiger partial charge in [-0.3, -0.25) is 18.8 Å². The Morgan fingerprint density at radius 3 is 2.43 bits per heavy atom. The van der Waals surface area contributed by atoms with Gasteiger partial charge in [0, 0.05) is 5.92 Å². The van der Waals surface area contributed by atoms with E-state index in [0.717, 1.165) is 0 Å². The molecule has 1 N–H and O–H groups in total. The molecule has 0 unspecified atom stereocenters. The summed E-state index contributed by atoms with van der Waals surface area (Å²) in [4.78, 5) is 36.5. The van der Waals surface area contributed by atoms with Crippen LogP contribution in [-0.4, -0.2) is 51.4 Å². The molecule has 8 heteroatoms. The summed E-state index contributed by atoms with van der Waals surface area (Å²) in [5, 5.41) is 2.69. The molecule has 1 aliphatic rings. The molecule has 0 bridgehead atoms. The third-order valence-electron chi connectivity index (χ3n) is 5.74. The van der Waals surface area contributed by atoms with Crippen molar-refractivity contribution in [3.8, 4) is 0 Å². The molecule has 6 nitrogen and oxygen atoms in total. The van der Waals surface area contributed by atoms with E-state index in [9.17, 15) is 18.8 Å². The fourth-order valence-electron chi connectivity index (χ4n) is 3.12. The summed E-state index contributed by atoms with van der Waals surface area (Å²) in [6.45, 7) is 15.1. The van der Waals surface area contributed by atoms with Crippen LogP contribution in [0.2, 0.25) is 18.1 Å². The van der Waals surface area contributed by atoms with Crippen LogP contribution in [0.25, 0.3) is 0 Å². The number of hydrogen-bond acceptors (Lipinski definition) is 5. The van der Waals surface area contributed by atoms with Crippen molar-refractivity contribution in [1.82, 2.24) is 5.32 Å². The first-order valence-corrected chi connectivity index (χ1v) is 12.6. The van der Waals surface area contributed by atoms with Gasteiger partial charge in [-0.25, -0.2) is 0 Å². The van der Waals surface area contributed by atoms with Gasteiger partial charge in [-0.2, -0.15) is 0 Å². The molecule has 1 aliphatic heterocycles. The van der Waals surface area contributed by atoms with Crippen LogP contribution in [0.3, 0.4) is 0 Å². The van der Waals surface area contributed by atoms with Crippen molar-refractivity contribution in [2.45, 2.75) is 70.8 Å². The predicted octanol–water partition coefficient (Wildman–Crippen LogP) is 3.18. The second kappa shape index (κ2) is 9.78. The molecule has 0 aromatic rings. The minimum atomic E-state index is -2.12. The van der Waals surface area contributed by atoms with Gasteiger partial charge in [-0.05, 0) is 31.5 Å². The minimum absolute atomic E-state index is 0.0140. The summed E-state index contributed by atoms with van der Waals surface area (Å²) in [5.74, 6) is -2.64. The average Bonchev–Trinajstić information content (AvgIpc) is 2.54. The van der Waals surface area contributed by atoms with Gasteiger partial charge >= 0.3 is 5.97 Å². The molecule has 1 fully saturated rings. The molecule has 1 amide bonds. The highest BCUT2D eigenvalue weighted by Crippen LogP contribution is 2.40. The maximum atomic E-state index is 13.1. The molecule has 4 atom stereocenters. The van der Waals surface area contributed by atoms with Crippen molar-refractivity contribution in [2.75, 3.05) is 13.3 Å². The number of alkyl halides is 1. The first kappa shape index (κ1) is 24.5. The van der Waals surface area contributed by atoms with E-state index in [0.29, 0.717) is 0 Å². The Kier molecular flexibility index (Phi) is 8.56. The van der Waals surface area contributed by atoms with Crippen LogP contribution in [0.15, 0.2) is 12.7 Å². The number of amides is 1. The molecule has 0 aliphatic carbocycles. The van der Waals surface area contributed by atoms with E-state index < -0.39 is 57.1 Å². The SMILES string of the molecule is C=CCOC(=O)CC(=O)[C@H](CCF)[C@H]1NC(=O)[C@@H]1[C@@H](C)O[Si](C)(C)C(C)(C)C. The van der Waals surface area contributed by atoms with Gasteiger partial charge in [0.25, 0.3) is 0 Å². The molecule has 0 aromatic heterocycles. The average molecular weight is 416 g/mol. The van der Waals surface area contributed by atoms with Gasteiger partial charge in [0.15, 0.2) is 8.32 Å². The molecule has 1 rings (SSSR count). The molecular formula is C20H34FNO5Si. The molecule has 0 saturated carbocycles. The van der Waals surface area contributed by atoms with E-state index >= 15 is 0 Å². The number of rotatable bonds is 11. The molecule has 0 aromatic carbocycles. The Morgan fingerprint density at radius 2 is 1.96 bits per heavy atom. The van der Waals surface area contributed by atoms with Crippen molar-refractivity contribution >= 4 is 26.0 Å². The summed E-state index contributed by atoms with van der Waals surface area (Å²) >= 11 is 0. The van der Waals surface area contributed by atoms with Gasteiger partial charge in [-0.1, -0.05) is 33.4 Å². The zero-order valence-corrected chi connectivity index (χ0v) is 18.8. The highest BCUT2D eigenvalue weighted by molar-refractivity contribution is 6.74. The van der Waals surface area contributed by atoms with Crippen molar-refractivity contribution in [3.63, 3.8) is 0 Å². The second-order valence-electron chi connectivity index (χ2n) is 8.84. The highest BCUT2D eigenvalue weighted by Gasteiger charge is 2.51. The number of nitrogens with one attached hydrogen (secondary N) is 1. The first-order valence-electron chi connectivity index (χ1n) is 9.69. The third kappa shape index (κ3) is 5.98. The van der Waals surface area contributed by atoms with Gasteiger partial charge in [0.2, 0.25) is 5.91 Å². The number of carbonyl (C=O) groups is 3. The number of Topliss-reactive ketones (excluding diaryl/α,β-unsaturated/α-hetero) is 1. The Labute approximate surface area is 168 Å². The zero-order chi connectivity index (χ0) is 21.7. The topological polar surface area (TPSA) is 81.7 Å². The monoisotopic (exact) mass is 415 g/mol. The van der Waals surface area contributed by atoms with Crippen molar-refractivity contribution < 1.29 is 27.9 Å². The molecule has 0 spiro atoms. The number of carbonyl (C=O) groups excluding carboxylic acids is 3. The maximum Gasteiger partial charge on any atom is 0.313 e. The normalized spacial score (nSPS) is 21.9. The first-order chi connectivity index (χ1) is 12.9. The lowest BCUT2D eigenvalue weighted by Gasteiger charge is -2.47. The van der Waals surface area contributed by atoms with E-state index in [1.165, 1.54) is 6.08 Å². The maximum absolute atomic E-state index is 13.1. The number of β-lactam (4-membered cyclic amide) rings is 1. The summed E-state index contributed by atoms with van der Waals surface area (Å²) < 4.78 is 24.3. The van der Waals surface area contributed by atoms with Crippen molar-refractivity contribution in [3.05, 3.63) is 12.7 Å². The van der Waals surface area contributed by atoms with Gasteiger partial charge in [-0.15, -0.1) is 0 Å². The van der Waals surface area contributed by atoms with E-state index in [4.69, 9.17) is 9.16 Å². The standard InChI is InChI=1S/C20H34FNO5Si/c1-8-11-26-16(24)12-15(23)14(9-10-21)18-17(19(25)22-18)13(2)27-28(6,7)20(3,4)5/h8,13-14,17-18H,1,9-12H2,2-7H3,(H,22,25)/t13-,14+,17-,18-/m1/s1. The highest BCUT2D eigenvalue weighted by atomic mass is 28.4. The van der Waals surface area contributed by atoms with Gasteiger partial charge in [0.1, 0.15) is 18.8 Å². The zero-order valence-electron chi connectivity index (χ0n) is 17.8. The van der Waals surface area contributed by atoms with Crippen LogP contribution >= 0.6 is 0 Å². The quantitative estimate of drug-likeness (QED) is 0.184. The van der Waals surface area contributed by atoms with Crippen LogP contribution in [0.1, 0.15) is 40.5 Å². The fraction of sp³-hybridized carbons (Fsp3) is 0.750. The molecule has 1 saturated heterocycles. The Hall–Kier alpha value is -1.54. The third-order valence-corrected chi connectivity index (χ3v) is 10.3. The number of ketones is 1. The largest absolute Gasteiger partial charge is 0.461 e. The lowest BCUT2D eigenvalue weighted by molar-refractivity contribution is -0.148. The molecule has 0 radical (unpaired) electrons. The van der Waals surface area contributed by atoms with E-state index in [1.54, 1.807) is 0 Å². The lowest BCUT2D eigenvalue weighted by Crippen LogP contribution is -2.67. The van der Waals surface area contributed by atoms with Crippen LogP contribution in [0.4, 0.5) is 4.39 Å². The number of hydrogen-bond donors (Lipinski definition) is 1. The Balaban J connectivity index is 2.88. The van der Waals surface area contributed by atoms with Crippen molar-refractivity contribution in [2.24, 2.45) is 11.8 Å². The van der Waals surface area contributed by atoms with Gasteiger partial charge in [0.05, 0.1) is 24.7 Å². The van der Waals surface area contributed by atoms with Crippen LogP contribution < -0.4 is 5.32 Å². The lowest BCUT2D eigenvalue weighted by atomic mass is 9.75. The predicted molar refractivity (Wildman–Crippen MR) is 108 cm³/mol. The minimum Gasteiger partial charge on any atom is -0.461 e. The molecule has 28 heavy (non-hydrogen) atoms. The smallest absolute Gasteiger partial charge is 0.313 e. The number of esters is 1.